The molecular formula is C12H14FNO2. The van der Waals surface area contributed by atoms with Crippen molar-refractivity contribution < 1.29 is 14.3 Å². The van der Waals surface area contributed by atoms with Crippen LogP contribution in [0.3, 0.4) is 0 Å². The van der Waals surface area contributed by atoms with E-state index >= 15 is 0 Å². The second kappa shape index (κ2) is 4.61. The lowest BCUT2D eigenvalue weighted by Gasteiger charge is -2.32. The van der Waals surface area contributed by atoms with Crippen LogP contribution in [0.25, 0.3) is 0 Å². The van der Waals surface area contributed by atoms with Gasteiger partial charge in [-0.05, 0) is 18.6 Å². The van der Waals surface area contributed by atoms with Gasteiger partial charge in [0.05, 0.1) is 12.6 Å². The molecule has 0 aromatic heterocycles. The van der Waals surface area contributed by atoms with E-state index in [0.29, 0.717) is 18.5 Å². The zero-order chi connectivity index (χ0) is 11.5. The van der Waals surface area contributed by atoms with Crippen LogP contribution in [-0.4, -0.2) is 41.3 Å². The summed E-state index contributed by atoms with van der Waals surface area (Å²) in [4.78, 5) is 13.4. The van der Waals surface area contributed by atoms with Gasteiger partial charge in [-0.15, -0.1) is 0 Å². The van der Waals surface area contributed by atoms with Crippen molar-refractivity contribution in [2.24, 2.45) is 0 Å². The lowest BCUT2D eigenvalue weighted by molar-refractivity contribution is 0.00826. The number of hydrogen-bond donors (Lipinski definition) is 1. The maximum atomic E-state index is 13.3. The first kappa shape index (κ1) is 11.1. The quantitative estimate of drug-likeness (QED) is 0.778. The highest BCUT2D eigenvalue weighted by atomic mass is 19.1. The molecule has 4 heteroatoms. The lowest BCUT2D eigenvalue weighted by atomic mass is 10.0. The minimum absolute atomic E-state index is 0.0190. The Morgan fingerprint density at radius 2 is 2.06 bits per heavy atom. The van der Waals surface area contributed by atoms with E-state index < -0.39 is 12.3 Å². The molecule has 3 nitrogen and oxygen atoms in total. The molecule has 0 aliphatic carbocycles. The second-order valence-electron chi connectivity index (χ2n) is 3.99. The molecule has 1 saturated heterocycles. The summed E-state index contributed by atoms with van der Waals surface area (Å²) in [6.45, 7) is 0.393. The third-order valence-corrected chi connectivity index (χ3v) is 2.82. The first-order chi connectivity index (χ1) is 7.68. The molecule has 0 bridgehead atoms. The number of rotatable bonds is 1. The first-order valence-corrected chi connectivity index (χ1v) is 5.35. The molecule has 1 amide bonds. The van der Waals surface area contributed by atoms with Crippen molar-refractivity contribution in [3.63, 3.8) is 0 Å². The van der Waals surface area contributed by atoms with E-state index in [1.165, 1.54) is 4.90 Å². The van der Waals surface area contributed by atoms with Crippen LogP contribution < -0.4 is 0 Å². The molecule has 2 rings (SSSR count). The number of nitrogens with zero attached hydrogens (tertiary/aromatic N) is 1. The van der Waals surface area contributed by atoms with Crippen molar-refractivity contribution in [2.45, 2.75) is 18.7 Å². The highest BCUT2D eigenvalue weighted by Crippen LogP contribution is 2.16. The van der Waals surface area contributed by atoms with E-state index in [0.717, 1.165) is 0 Å². The summed E-state index contributed by atoms with van der Waals surface area (Å²) >= 11 is 0. The van der Waals surface area contributed by atoms with E-state index in [1.807, 2.05) is 6.07 Å². The van der Waals surface area contributed by atoms with Crippen LogP contribution >= 0.6 is 0 Å². The summed E-state index contributed by atoms with van der Waals surface area (Å²) in [5, 5.41) is 9.23. The average molecular weight is 223 g/mol. The predicted octanol–water partition coefficient (Wildman–Crippen LogP) is 1.23. The number of amides is 1. The average Bonchev–Trinajstić information content (AvgIpc) is 2.33. The highest BCUT2D eigenvalue weighted by molar-refractivity contribution is 5.94. The Bertz CT molecular complexity index is 369. The maximum Gasteiger partial charge on any atom is 0.253 e. The smallest absolute Gasteiger partial charge is 0.253 e. The summed E-state index contributed by atoms with van der Waals surface area (Å²) in [6.07, 6.45) is -1.96. The number of carbonyl (C=O) groups is 1. The monoisotopic (exact) mass is 223 g/mol. The third kappa shape index (κ3) is 2.22. The minimum atomic E-state index is -1.33. The van der Waals surface area contributed by atoms with E-state index in [9.17, 15) is 14.3 Å². The van der Waals surface area contributed by atoms with Crippen LogP contribution in [0.1, 0.15) is 16.8 Å². The Hall–Kier alpha value is -1.42. The van der Waals surface area contributed by atoms with Gasteiger partial charge in [0.1, 0.15) is 6.17 Å². The van der Waals surface area contributed by atoms with Gasteiger partial charge in [0.15, 0.2) is 0 Å². The van der Waals surface area contributed by atoms with Crippen LogP contribution in [-0.2, 0) is 0 Å². The maximum absolute atomic E-state index is 13.3. The van der Waals surface area contributed by atoms with E-state index in [1.54, 1.807) is 24.3 Å². The number of aliphatic hydroxyl groups is 1. The van der Waals surface area contributed by atoms with Crippen molar-refractivity contribution in [3.8, 4) is 0 Å². The van der Waals surface area contributed by atoms with Crippen molar-refractivity contribution in [2.75, 3.05) is 13.1 Å². The molecule has 1 aliphatic rings. The molecule has 16 heavy (non-hydrogen) atoms. The van der Waals surface area contributed by atoms with Crippen LogP contribution in [0.2, 0.25) is 0 Å². The number of likely N-dealkylation sites (tertiary alicyclic amines) is 1. The summed E-state index contributed by atoms with van der Waals surface area (Å²) in [7, 11) is 0. The van der Waals surface area contributed by atoms with E-state index in [4.69, 9.17) is 0 Å². The Labute approximate surface area is 93.5 Å². The number of benzene rings is 1. The normalized spacial score (nSPS) is 25.5. The Balaban J connectivity index is 2.06. The van der Waals surface area contributed by atoms with Gasteiger partial charge in [-0.3, -0.25) is 4.79 Å². The third-order valence-electron chi connectivity index (χ3n) is 2.82. The number of halogens is 1. The molecule has 0 unspecified atom stereocenters. The van der Waals surface area contributed by atoms with E-state index in [-0.39, 0.29) is 12.5 Å². The number of carbonyl (C=O) groups excluding carboxylic acids is 1. The van der Waals surface area contributed by atoms with Gasteiger partial charge < -0.3 is 10.0 Å². The van der Waals surface area contributed by atoms with Crippen LogP contribution in [0.15, 0.2) is 30.3 Å². The Morgan fingerprint density at radius 3 is 2.69 bits per heavy atom. The summed E-state index contributed by atoms with van der Waals surface area (Å²) < 4.78 is 13.3. The van der Waals surface area contributed by atoms with Crippen LogP contribution in [0.5, 0.6) is 0 Å². The van der Waals surface area contributed by atoms with Gasteiger partial charge in [-0.1, -0.05) is 18.2 Å². The van der Waals surface area contributed by atoms with Gasteiger partial charge in [-0.2, -0.15) is 0 Å². The zero-order valence-corrected chi connectivity index (χ0v) is 8.84. The van der Waals surface area contributed by atoms with Crippen LogP contribution in [0.4, 0.5) is 4.39 Å². The molecular weight excluding hydrogens is 209 g/mol. The fraction of sp³-hybridized carbons (Fsp3) is 0.417. The molecule has 2 atom stereocenters. The van der Waals surface area contributed by atoms with Crippen molar-refractivity contribution in [1.82, 2.24) is 4.90 Å². The minimum Gasteiger partial charge on any atom is -0.390 e. The molecule has 1 aromatic carbocycles. The summed E-state index contributed by atoms with van der Waals surface area (Å²) in [5.74, 6) is -0.171. The number of aliphatic hydroxyl groups excluding tert-OH is 1. The predicted molar refractivity (Wildman–Crippen MR) is 57.9 cm³/mol. The molecule has 86 valence electrons. The molecule has 0 saturated carbocycles. The largest absolute Gasteiger partial charge is 0.390 e. The first-order valence-electron chi connectivity index (χ1n) is 5.35. The summed E-state index contributed by atoms with van der Waals surface area (Å²) in [5.41, 5.74) is 0.561. The molecule has 1 aromatic rings. The zero-order valence-electron chi connectivity index (χ0n) is 8.84. The van der Waals surface area contributed by atoms with Gasteiger partial charge in [0.2, 0.25) is 0 Å². The second-order valence-corrected chi connectivity index (χ2v) is 3.99. The molecule has 0 spiro atoms. The molecule has 1 N–H and O–H groups in total. The van der Waals surface area contributed by atoms with Crippen molar-refractivity contribution in [1.29, 1.82) is 0 Å². The highest BCUT2D eigenvalue weighted by Gasteiger charge is 2.30. The number of alkyl halides is 1. The SMILES string of the molecule is O=C(c1ccccc1)N1CC[C@@H](O)[C@@H](F)C1. The number of hydrogen-bond acceptors (Lipinski definition) is 2. The van der Waals surface area contributed by atoms with Gasteiger partial charge >= 0.3 is 0 Å². The summed E-state index contributed by atoms with van der Waals surface area (Å²) in [6, 6.07) is 8.80. The fourth-order valence-electron chi connectivity index (χ4n) is 1.84. The lowest BCUT2D eigenvalue weighted by Crippen LogP contribution is -2.47. The van der Waals surface area contributed by atoms with Gasteiger partial charge in [0, 0.05) is 12.1 Å². The molecule has 0 radical (unpaired) electrons. The standard InChI is InChI=1S/C12H14FNO2/c13-10-8-14(7-6-11(10)15)12(16)9-4-2-1-3-5-9/h1-5,10-11,15H,6-8H2/t10-,11+/m0/s1. The number of piperidine rings is 1. The van der Waals surface area contributed by atoms with Gasteiger partial charge in [-0.25, -0.2) is 4.39 Å². The topological polar surface area (TPSA) is 40.5 Å². The molecule has 1 aliphatic heterocycles. The van der Waals surface area contributed by atoms with Gasteiger partial charge in [0.25, 0.3) is 5.91 Å². The van der Waals surface area contributed by atoms with Crippen molar-refractivity contribution >= 4 is 5.91 Å². The molecule has 1 fully saturated rings. The van der Waals surface area contributed by atoms with Crippen molar-refractivity contribution in [3.05, 3.63) is 35.9 Å². The van der Waals surface area contributed by atoms with E-state index in [2.05, 4.69) is 0 Å². The Kier molecular flexibility index (Phi) is 3.19. The molecule has 1 heterocycles. The van der Waals surface area contributed by atoms with Crippen LogP contribution in [0, 0.1) is 0 Å². The fourth-order valence-corrected chi connectivity index (χ4v) is 1.84. The Morgan fingerprint density at radius 1 is 1.38 bits per heavy atom.